The van der Waals surface area contributed by atoms with Gasteiger partial charge >= 0.3 is 0 Å². The fourth-order valence-electron chi connectivity index (χ4n) is 2.93. The number of nitrogens with zero attached hydrogens (tertiary/aromatic N) is 1. The first-order chi connectivity index (χ1) is 12.1. The van der Waals surface area contributed by atoms with E-state index < -0.39 is 11.6 Å². The van der Waals surface area contributed by atoms with Crippen molar-refractivity contribution in [1.82, 2.24) is 10.3 Å². The maximum Gasteiger partial charge on any atom is 0.200 e. The van der Waals surface area contributed by atoms with Crippen molar-refractivity contribution in [3.8, 4) is 5.75 Å². The van der Waals surface area contributed by atoms with E-state index in [4.69, 9.17) is 10.5 Å². The quantitative estimate of drug-likeness (QED) is 0.721. The molecule has 1 aliphatic heterocycles. The molecule has 7 heteroatoms. The summed E-state index contributed by atoms with van der Waals surface area (Å²) in [6.07, 6.45) is 2.01. The van der Waals surface area contributed by atoms with E-state index in [9.17, 15) is 9.18 Å². The molecule has 2 aromatic rings. The summed E-state index contributed by atoms with van der Waals surface area (Å²) in [6, 6.07) is 7.46. The van der Waals surface area contributed by atoms with E-state index in [1.165, 1.54) is 19.2 Å². The molecule has 2 heterocycles. The maximum absolute atomic E-state index is 13.5. The van der Waals surface area contributed by atoms with Crippen molar-refractivity contribution in [3.05, 3.63) is 47.3 Å². The van der Waals surface area contributed by atoms with Crippen LogP contribution in [0.1, 0.15) is 28.8 Å². The van der Waals surface area contributed by atoms with Gasteiger partial charge < -0.3 is 21.1 Å². The van der Waals surface area contributed by atoms with Crippen LogP contribution in [0.25, 0.3) is 0 Å². The van der Waals surface area contributed by atoms with Crippen molar-refractivity contribution in [2.75, 3.05) is 31.2 Å². The standard InChI is InChI=1S/C18H21FN4O2/c1-25-15-4-2-11(19)10-14(15)17(24)13-3-5-16(23-18(13)20)22-12-6-8-21-9-7-12/h2-5,10,12,21H,6-9H2,1H3,(H3,20,22,23). The second kappa shape index (κ2) is 7.48. The number of methoxy groups -OCH3 is 1. The lowest BCUT2D eigenvalue weighted by Gasteiger charge is -2.24. The van der Waals surface area contributed by atoms with Crippen LogP contribution in [0.5, 0.6) is 5.75 Å². The average Bonchev–Trinajstić information content (AvgIpc) is 2.62. The van der Waals surface area contributed by atoms with Crippen LogP contribution in [-0.2, 0) is 0 Å². The Kier molecular flexibility index (Phi) is 5.14. The Balaban J connectivity index is 1.83. The van der Waals surface area contributed by atoms with Gasteiger partial charge in [-0.15, -0.1) is 0 Å². The summed E-state index contributed by atoms with van der Waals surface area (Å²) in [4.78, 5) is 17.0. The number of nitrogens with two attached hydrogens (primary N) is 1. The number of nitrogens with one attached hydrogen (secondary N) is 2. The average molecular weight is 344 g/mol. The molecule has 0 spiro atoms. The number of aromatic nitrogens is 1. The summed E-state index contributed by atoms with van der Waals surface area (Å²) >= 11 is 0. The number of piperidine rings is 1. The van der Waals surface area contributed by atoms with Crippen molar-refractivity contribution in [2.24, 2.45) is 0 Å². The number of hydrogen-bond acceptors (Lipinski definition) is 6. The normalized spacial score (nSPS) is 15.0. The van der Waals surface area contributed by atoms with E-state index in [0.29, 0.717) is 17.6 Å². The number of pyridine rings is 1. The molecule has 0 aliphatic carbocycles. The number of ether oxygens (including phenoxy) is 1. The minimum Gasteiger partial charge on any atom is -0.496 e. The molecule has 0 bridgehead atoms. The van der Waals surface area contributed by atoms with E-state index in [2.05, 4.69) is 15.6 Å². The van der Waals surface area contributed by atoms with Crippen LogP contribution in [-0.4, -0.2) is 37.0 Å². The molecule has 1 aromatic carbocycles. The Morgan fingerprint density at radius 1 is 1.28 bits per heavy atom. The lowest BCUT2D eigenvalue weighted by Crippen LogP contribution is -2.35. The largest absolute Gasteiger partial charge is 0.496 e. The number of carbonyl (C=O) groups is 1. The van der Waals surface area contributed by atoms with E-state index in [1.807, 2.05) is 0 Å². The van der Waals surface area contributed by atoms with Gasteiger partial charge in [0.25, 0.3) is 0 Å². The van der Waals surface area contributed by atoms with Crippen LogP contribution in [0.3, 0.4) is 0 Å². The number of carbonyl (C=O) groups excluding carboxylic acids is 1. The first-order valence-electron chi connectivity index (χ1n) is 8.20. The lowest BCUT2D eigenvalue weighted by atomic mass is 10.0. The molecule has 0 amide bonds. The highest BCUT2D eigenvalue weighted by Gasteiger charge is 2.20. The molecule has 6 nitrogen and oxygen atoms in total. The fourth-order valence-corrected chi connectivity index (χ4v) is 2.93. The van der Waals surface area contributed by atoms with Crippen LogP contribution in [0.15, 0.2) is 30.3 Å². The third-order valence-electron chi connectivity index (χ3n) is 4.27. The zero-order valence-corrected chi connectivity index (χ0v) is 14.0. The molecule has 0 saturated carbocycles. The summed E-state index contributed by atoms with van der Waals surface area (Å²) in [7, 11) is 1.43. The second-order valence-corrected chi connectivity index (χ2v) is 5.97. The highest BCUT2D eigenvalue weighted by Crippen LogP contribution is 2.25. The molecule has 1 aliphatic rings. The van der Waals surface area contributed by atoms with Gasteiger partial charge in [0.15, 0.2) is 0 Å². The summed E-state index contributed by atoms with van der Waals surface area (Å²) in [5, 5.41) is 6.63. The van der Waals surface area contributed by atoms with Crippen LogP contribution < -0.4 is 21.1 Å². The Morgan fingerprint density at radius 2 is 2.04 bits per heavy atom. The first kappa shape index (κ1) is 17.2. The van der Waals surface area contributed by atoms with E-state index in [-0.39, 0.29) is 16.9 Å². The van der Waals surface area contributed by atoms with Crippen molar-refractivity contribution < 1.29 is 13.9 Å². The number of benzene rings is 1. The smallest absolute Gasteiger partial charge is 0.200 e. The summed E-state index contributed by atoms with van der Waals surface area (Å²) in [5.74, 6) is 0.0970. The van der Waals surface area contributed by atoms with Gasteiger partial charge in [-0.25, -0.2) is 9.37 Å². The number of hydrogen-bond donors (Lipinski definition) is 3. The van der Waals surface area contributed by atoms with Crippen molar-refractivity contribution in [1.29, 1.82) is 0 Å². The number of rotatable bonds is 5. The molecule has 0 atom stereocenters. The highest BCUT2D eigenvalue weighted by atomic mass is 19.1. The monoisotopic (exact) mass is 344 g/mol. The molecule has 1 saturated heterocycles. The van der Waals surface area contributed by atoms with Crippen LogP contribution in [0.4, 0.5) is 16.0 Å². The molecule has 1 aromatic heterocycles. The van der Waals surface area contributed by atoms with Gasteiger partial charge in [0.1, 0.15) is 23.2 Å². The minimum absolute atomic E-state index is 0.107. The van der Waals surface area contributed by atoms with Crippen molar-refractivity contribution >= 4 is 17.4 Å². The third kappa shape index (κ3) is 3.88. The molecule has 0 unspecified atom stereocenters. The first-order valence-corrected chi connectivity index (χ1v) is 8.20. The predicted molar refractivity (Wildman–Crippen MR) is 94.5 cm³/mol. The number of nitrogen functional groups attached to an aromatic ring is 1. The Hall–Kier alpha value is -2.67. The molecule has 3 rings (SSSR count). The Labute approximate surface area is 145 Å². The molecular formula is C18H21FN4O2. The summed E-state index contributed by atoms with van der Waals surface area (Å²) in [5.41, 5.74) is 6.32. The fraction of sp³-hybridized carbons (Fsp3) is 0.333. The molecule has 25 heavy (non-hydrogen) atoms. The summed E-state index contributed by atoms with van der Waals surface area (Å²) in [6.45, 7) is 1.92. The van der Waals surface area contributed by atoms with Gasteiger partial charge in [-0.2, -0.15) is 0 Å². The lowest BCUT2D eigenvalue weighted by molar-refractivity contribution is 0.103. The maximum atomic E-state index is 13.5. The van der Waals surface area contributed by atoms with Crippen molar-refractivity contribution in [2.45, 2.75) is 18.9 Å². The van der Waals surface area contributed by atoms with Crippen LogP contribution >= 0.6 is 0 Å². The van der Waals surface area contributed by atoms with Gasteiger partial charge in [0.05, 0.1) is 18.2 Å². The van der Waals surface area contributed by atoms with Gasteiger partial charge in [-0.1, -0.05) is 0 Å². The van der Waals surface area contributed by atoms with Crippen LogP contribution in [0.2, 0.25) is 0 Å². The molecular weight excluding hydrogens is 323 g/mol. The van der Waals surface area contributed by atoms with E-state index in [0.717, 1.165) is 32.0 Å². The van der Waals surface area contributed by atoms with Gasteiger partial charge in [-0.05, 0) is 56.3 Å². The molecule has 0 radical (unpaired) electrons. The topological polar surface area (TPSA) is 89.3 Å². The van der Waals surface area contributed by atoms with Crippen LogP contribution in [0, 0.1) is 5.82 Å². The van der Waals surface area contributed by atoms with Gasteiger partial charge in [0.2, 0.25) is 5.78 Å². The predicted octanol–water partition coefficient (Wildman–Crippen LogP) is 2.21. The summed E-state index contributed by atoms with van der Waals surface area (Å²) < 4.78 is 18.7. The zero-order valence-electron chi connectivity index (χ0n) is 14.0. The number of ketones is 1. The second-order valence-electron chi connectivity index (χ2n) is 5.97. The molecule has 1 fully saturated rings. The van der Waals surface area contributed by atoms with E-state index >= 15 is 0 Å². The van der Waals surface area contributed by atoms with Gasteiger partial charge in [-0.3, -0.25) is 4.79 Å². The van der Waals surface area contributed by atoms with Gasteiger partial charge in [0, 0.05) is 6.04 Å². The number of anilines is 2. The van der Waals surface area contributed by atoms with Crippen molar-refractivity contribution in [3.63, 3.8) is 0 Å². The number of halogens is 1. The Bertz CT molecular complexity index is 776. The Morgan fingerprint density at radius 3 is 2.72 bits per heavy atom. The molecule has 4 N–H and O–H groups in total. The van der Waals surface area contributed by atoms with E-state index in [1.54, 1.807) is 12.1 Å². The zero-order chi connectivity index (χ0) is 17.8. The third-order valence-corrected chi connectivity index (χ3v) is 4.27. The molecule has 132 valence electrons. The minimum atomic E-state index is -0.514. The highest BCUT2D eigenvalue weighted by molar-refractivity contribution is 6.13. The SMILES string of the molecule is COc1ccc(F)cc1C(=O)c1ccc(NC2CCNCC2)nc1N.